The summed E-state index contributed by atoms with van der Waals surface area (Å²) >= 11 is 0. The third-order valence-corrected chi connectivity index (χ3v) is 5.92. The van der Waals surface area contributed by atoms with E-state index in [9.17, 15) is 0 Å². The summed E-state index contributed by atoms with van der Waals surface area (Å²) in [7, 11) is 0. The van der Waals surface area contributed by atoms with Gasteiger partial charge >= 0.3 is 0 Å². The minimum atomic E-state index is 0.201. The molecule has 1 unspecified atom stereocenters. The van der Waals surface area contributed by atoms with E-state index in [1.165, 1.54) is 22.8 Å². The number of hydrogen-bond donors (Lipinski definition) is 2. The second-order valence-corrected chi connectivity index (χ2v) is 7.95. The van der Waals surface area contributed by atoms with Crippen LogP contribution in [0.1, 0.15) is 36.9 Å². The maximum Gasteiger partial charge on any atom is 0.219 e. The Kier molecular flexibility index (Phi) is 4.43. The van der Waals surface area contributed by atoms with Gasteiger partial charge in [0.2, 0.25) is 5.82 Å². The molecule has 150 valence electrons. The Morgan fingerprint density at radius 3 is 2.76 bits per heavy atom. The fraction of sp³-hybridized carbons (Fsp3) is 0.429. The van der Waals surface area contributed by atoms with E-state index in [2.05, 4.69) is 59.1 Å². The molecular weight excluding hydrogens is 366 g/mol. The molecule has 0 radical (unpaired) electrons. The molecule has 1 saturated heterocycles. The lowest BCUT2D eigenvalue weighted by Crippen LogP contribution is -2.25. The van der Waals surface area contributed by atoms with Gasteiger partial charge in [-0.1, -0.05) is 6.07 Å². The third kappa shape index (κ3) is 3.23. The molecule has 29 heavy (non-hydrogen) atoms. The maximum atomic E-state index is 5.55. The number of aromatic nitrogens is 7. The summed E-state index contributed by atoms with van der Waals surface area (Å²) in [5, 5.41) is 12.9. The van der Waals surface area contributed by atoms with Gasteiger partial charge in [-0.05, 0) is 62.8 Å². The van der Waals surface area contributed by atoms with Gasteiger partial charge in [-0.25, -0.2) is 14.6 Å². The first-order valence-electron chi connectivity index (χ1n) is 10.1. The summed E-state index contributed by atoms with van der Waals surface area (Å²) in [4.78, 5) is 12.6. The van der Waals surface area contributed by atoms with Crippen molar-refractivity contribution in [3.63, 3.8) is 0 Å². The summed E-state index contributed by atoms with van der Waals surface area (Å²) < 4.78 is 7.60. The highest BCUT2D eigenvalue weighted by molar-refractivity contribution is 5.88. The number of aromatic amines is 2. The second-order valence-electron chi connectivity index (χ2n) is 7.95. The zero-order valence-electron chi connectivity index (χ0n) is 16.9. The Labute approximate surface area is 168 Å². The molecule has 1 aromatic carbocycles. The van der Waals surface area contributed by atoms with E-state index < -0.39 is 0 Å². The molecule has 8 nitrogen and oxygen atoms in total. The van der Waals surface area contributed by atoms with Crippen LogP contribution in [0, 0.1) is 19.8 Å². The van der Waals surface area contributed by atoms with Gasteiger partial charge < -0.3 is 9.72 Å². The van der Waals surface area contributed by atoms with Gasteiger partial charge in [0.25, 0.3) is 0 Å². The van der Waals surface area contributed by atoms with Crippen molar-refractivity contribution in [2.75, 3.05) is 13.2 Å². The lowest BCUT2D eigenvalue weighted by molar-refractivity contribution is 0.0498. The van der Waals surface area contributed by atoms with E-state index in [1.807, 2.05) is 4.68 Å². The summed E-state index contributed by atoms with van der Waals surface area (Å²) in [6.45, 7) is 8.08. The first-order valence-corrected chi connectivity index (χ1v) is 10.1. The number of fused-ring (bicyclic) bond motifs is 1. The Bertz CT molecular complexity index is 1140. The average Bonchev–Trinajstić information content (AvgIpc) is 3.46. The third-order valence-electron chi connectivity index (χ3n) is 5.92. The number of rotatable bonds is 4. The molecule has 8 heteroatoms. The lowest BCUT2D eigenvalue weighted by atomic mass is 9.93. The molecule has 5 rings (SSSR count). The quantitative estimate of drug-likeness (QED) is 0.551. The zero-order chi connectivity index (χ0) is 20.0. The molecule has 1 fully saturated rings. The number of benzene rings is 1. The molecule has 4 aromatic rings. The number of H-pyrrole nitrogens is 2. The van der Waals surface area contributed by atoms with E-state index in [0.717, 1.165) is 43.1 Å². The molecule has 0 amide bonds. The van der Waals surface area contributed by atoms with Gasteiger partial charge in [0, 0.05) is 24.1 Å². The fourth-order valence-electron chi connectivity index (χ4n) is 4.32. The highest BCUT2D eigenvalue weighted by Crippen LogP contribution is 2.33. The molecule has 0 spiro atoms. The smallest absolute Gasteiger partial charge is 0.219 e. The summed E-state index contributed by atoms with van der Waals surface area (Å²) in [6.07, 6.45) is 3.54. The monoisotopic (exact) mass is 391 g/mol. The van der Waals surface area contributed by atoms with Crippen LogP contribution in [0.3, 0.4) is 0 Å². The van der Waals surface area contributed by atoms with Crippen LogP contribution in [0.2, 0.25) is 0 Å². The molecule has 0 saturated carbocycles. The number of nitrogens with zero attached hydrogens (tertiary/aromatic N) is 5. The minimum absolute atomic E-state index is 0.201. The van der Waals surface area contributed by atoms with E-state index in [0.29, 0.717) is 17.6 Å². The average molecular weight is 391 g/mol. The standard InChI is InChI=1S/C21H25N7O/c1-12-8-13(2)16-10-18(24-17(16)9-12)21-25-20(19-22-11-23-26-19)27-28(21)14(3)15-4-6-29-7-5-15/h8-11,14-15,24H,4-7H2,1-3H3,(H,22,23,26). The Balaban J connectivity index is 1.63. The van der Waals surface area contributed by atoms with E-state index in [1.54, 1.807) is 0 Å². The number of nitrogens with one attached hydrogen (secondary N) is 2. The van der Waals surface area contributed by atoms with Crippen molar-refractivity contribution in [3.05, 3.63) is 35.7 Å². The number of aryl methyl sites for hydroxylation is 2. The molecule has 3 aromatic heterocycles. The SMILES string of the molecule is Cc1cc(C)c2cc(-c3nc(-c4ncn[nH]4)nn3C(C)C3CCOCC3)[nH]c2c1. The largest absolute Gasteiger partial charge is 0.381 e. The van der Waals surface area contributed by atoms with Crippen LogP contribution in [0.5, 0.6) is 0 Å². The Morgan fingerprint density at radius 2 is 2.00 bits per heavy atom. The van der Waals surface area contributed by atoms with Gasteiger partial charge in [-0.2, -0.15) is 5.10 Å². The summed E-state index contributed by atoms with van der Waals surface area (Å²) in [5.41, 5.74) is 4.57. The van der Waals surface area contributed by atoms with Crippen molar-refractivity contribution in [1.82, 2.24) is 34.9 Å². The van der Waals surface area contributed by atoms with Crippen molar-refractivity contribution in [3.8, 4) is 23.2 Å². The molecule has 4 heterocycles. The van der Waals surface area contributed by atoms with Gasteiger partial charge in [-0.15, -0.1) is 5.10 Å². The van der Waals surface area contributed by atoms with Crippen molar-refractivity contribution >= 4 is 10.9 Å². The van der Waals surface area contributed by atoms with E-state index in [-0.39, 0.29) is 6.04 Å². The van der Waals surface area contributed by atoms with Crippen LogP contribution in [-0.2, 0) is 4.74 Å². The van der Waals surface area contributed by atoms with Crippen LogP contribution in [0.4, 0.5) is 0 Å². The van der Waals surface area contributed by atoms with Crippen LogP contribution < -0.4 is 0 Å². The van der Waals surface area contributed by atoms with Crippen LogP contribution >= 0.6 is 0 Å². The van der Waals surface area contributed by atoms with Crippen LogP contribution in [0.15, 0.2) is 24.5 Å². The molecule has 1 aliphatic heterocycles. The van der Waals surface area contributed by atoms with Gasteiger partial charge in [0.1, 0.15) is 6.33 Å². The normalized spacial score (nSPS) is 16.5. The predicted octanol–water partition coefficient (Wildman–Crippen LogP) is 3.82. The molecule has 1 atom stereocenters. The first kappa shape index (κ1) is 18.1. The van der Waals surface area contributed by atoms with Crippen LogP contribution in [-0.4, -0.2) is 48.1 Å². The summed E-state index contributed by atoms with van der Waals surface area (Å²) in [6, 6.07) is 6.75. The maximum absolute atomic E-state index is 5.55. The van der Waals surface area contributed by atoms with Crippen molar-refractivity contribution in [1.29, 1.82) is 0 Å². The highest BCUT2D eigenvalue weighted by atomic mass is 16.5. The van der Waals surface area contributed by atoms with Crippen molar-refractivity contribution in [2.24, 2.45) is 5.92 Å². The number of ether oxygens (including phenoxy) is 1. The molecule has 1 aliphatic rings. The van der Waals surface area contributed by atoms with Crippen LogP contribution in [0.25, 0.3) is 34.1 Å². The molecule has 0 bridgehead atoms. The molecule has 2 N–H and O–H groups in total. The lowest BCUT2D eigenvalue weighted by Gasteiger charge is -2.28. The van der Waals surface area contributed by atoms with E-state index in [4.69, 9.17) is 14.8 Å². The predicted molar refractivity (Wildman–Crippen MR) is 110 cm³/mol. The summed E-state index contributed by atoms with van der Waals surface area (Å²) in [5.74, 6) is 2.46. The first-order chi connectivity index (χ1) is 14.1. The van der Waals surface area contributed by atoms with Crippen molar-refractivity contribution in [2.45, 2.75) is 39.7 Å². The Hall–Kier alpha value is -3.00. The molecular formula is C21H25N7O. The zero-order valence-corrected chi connectivity index (χ0v) is 16.9. The molecule has 0 aliphatic carbocycles. The second kappa shape index (κ2) is 7.11. The van der Waals surface area contributed by atoms with Gasteiger partial charge in [-0.3, -0.25) is 5.10 Å². The highest BCUT2D eigenvalue weighted by Gasteiger charge is 2.27. The minimum Gasteiger partial charge on any atom is -0.381 e. The Morgan fingerprint density at radius 1 is 1.17 bits per heavy atom. The topological polar surface area (TPSA) is 97.3 Å². The fourth-order valence-corrected chi connectivity index (χ4v) is 4.32. The van der Waals surface area contributed by atoms with Gasteiger partial charge in [0.05, 0.1) is 11.7 Å². The van der Waals surface area contributed by atoms with Crippen molar-refractivity contribution < 1.29 is 4.74 Å². The van der Waals surface area contributed by atoms with E-state index >= 15 is 0 Å². The van der Waals surface area contributed by atoms with Gasteiger partial charge in [0.15, 0.2) is 11.6 Å². The number of hydrogen-bond acceptors (Lipinski definition) is 5.